The first kappa shape index (κ1) is 13.4. The number of rotatable bonds is 7. The number of carboxylic acids is 1. The number of aromatic carboxylic acids is 1. The highest BCUT2D eigenvalue weighted by Crippen LogP contribution is 2.12. The second kappa shape index (κ2) is 6.75. The second-order valence-electron chi connectivity index (χ2n) is 4.20. The predicted octanol–water partition coefficient (Wildman–Crippen LogP) is 3.13. The van der Waals surface area contributed by atoms with E-state index in [1.807, 2.05) is 18.2 Å². The molecule has 0 radical (unpaired) electrons. The maximum Gasteiger partial charge on any atom is 0.339 e. The van der Waals surface area contributed by atoms with Crippen LogP contribution in [0.4, 0.5) is 0 Å². The average molecular weight is 260 g/mol. The molecule has 1 heterocycles. The summed E-state index contributed by atoms with van der Waals surface area (Å²) >= 11 is 0. The highest BCUT2D eigenvalue weighted by Gasteiger charge is 2.12. The van der Waals surface area contributed by atoms with Crippen molar-refractivity contribution in [3.05, 3.63) is 59.5 Å². The van der Waals surface area contributed by atoms with Gasteiger partial charge in [0, 0.05) is 6.61 Å². The smallest absolute Gasteiger partial charge is 0.339 e. The molecule has 4 heteroatoms. The van der Waals surface area contributed by atoms with Crippen LogP contribution in [0.2, 0.25) is 0 Å². The zero-order chi connectivity index (χ0) is 13.5. The lowest BCUT2D eigenvalue weighted by Gasteiger charge is -2.03. The molecule has 0 aliphatic rings. The van der Waals surface area contributed by atoms with E-state index in [9.17, 15) is 4.79 Å². The summed E-state index contributed by atoms with van der Waals surface area (Å²) in [6.45, 7) is 0.776. The number of furan rings is 1. The third-order valence-electron chi connectivity index (χ3n) is 2.81. The van der Waals surface area contributed by atoms with E-state index in [0.717, 1.165) is 12.8 Å². The van der Waals surface area contributed by atoms with E-state index in [0.29, 0.717) is 12.4 Å². The molecule has 0 amide bonds. The van der Waals surface area contributed by atoms with Crippen molar-refractivity contribution >= 4 is 5.97 Å². The minimum atomic E-state index is -0.989. The molecule has 0 unspecified atom stereocenters. The summed E-state index contributed by atoms with van der Waals surface area (Å²) in [6.07, 6.45) is 3.21. The third kappa shape index (κ3) is 3.96. The minimum absolute atomic E-state index is 0.169. The Balaban J connectivity index is 1.70. The van der Waals surface area contributed by atoms with Crippen molar-refractivity contribution in [3.63, 3.8) is 0 Å². The topological polar surface area (TPSA) is 59.7 Å². The monoisotopic (exact) mass is 260 g/mol. The first-order valence-corrected chi connectivity index (χ1v) is 6.18. The number of hydrogen-bond donors (Lipinski definition) is 1. The van der Waals surface area contributed by atoms with Crippen molar-refractivity contribution in [2.24, 2.45) is 0 Å². The molecule has 0 fully saturated rings. The van der Waals surface area contributed by atoms with Crippen LogP contribution in [-0.4, -0.2) is 17.7 Å². The van der Waals surface area contributed by atoms with Crippen molar-refractivity contribution in [3.8, 4) is 0 Å². The quantitative estimate of drug-likeness (QED) is 0.777. The van der Waals surface area contributed by atoms with Crippen LogP contribution in [0.15, 0.2) is 47.1 Å². The van der Waals surface area contributed by atoms with Crippen LogP contribution in [-0.2, 0) is 17.8 Å². The number of benzene rings is 1. The lowest BCUT2D eigenvalue weighted by Crippen LogP contribution is -2.02. The van der Waals surface area contributed by atoms with Crippen LogP contribution in [0.5, 0.6) is 0 Å². The normalized spacial score (nSPS) is 10.5. The molecule has 1 aromatic heterocycles. The highest BCUT2D eigenvalue weighted by atomic mass is 16.5. The van der Waals surface area contributed by atoms with Gasteiger partial charge in [-0.2, -0.15) is 0 Å². The summed E-state index contributed by atoms with van der Waals surface area (Å²) in [5.41, 5.74) is 1.44. The van der Waals surface area contributed by atoms with Crippen LogP contribution >= 0.6 is 0 Å². The van der Waals surface area contributed by atoms with Gasteiger partial charge in [0.2, 0.25) is 0 Å². The van der Waals surface area contributed by atoms with E-state index in [2.05, 4.69) is 12.1 Å². The largest absolute Gasteiger partial charge is 0.478 e. The van der Waals surface area contributed by atoms with Crippen molar-refractivity contribution in [1.29, 1.82) is 0 Å². The fourth-order valence-electron chi connectivity index (χ4n) is 1.83. The number of carboxylic acid groups (broad SMARTS) is 1. The molecular weight excluding hydrogens is 244 g/mol. The maximum absolute atomic E-state index is 10.8. The fourth-order valence-corrected chi connectivity index (χ4v) is 1.83. The molecule has 0 spiro atoms. The van der Waals surface area contributed by atoms with E-state index in [4.69, 9.17) is 14.3 Å². The van der Waals surface area contributed by atoms with Crippen molar-refractivity contribution in [1.82, 2.24) is 0 Å². The van der Waals surface area contributed by atoms with Gasteiger partial charge in [-0.25, -0.2) is 4.79 Å². The van der Waals surface area contributed by atoms with Gasteiger partial charge < -0.3 is 14.3 Å². The van der Waals surface area contributed by atoms with Gasteiger partial charge in [0.05, 0.1) is 6.26 Å². The second-order valence-corrected chi connectivity index (χ2v) is 4.20. The molecule has 0 atom stereocenters. The first-order chi connectivity index (χ1) is 9.27. The van der Waals surface area contributed by atoms with E-state index >= 15 is 0 Å². The Morgan fingerprint density at radius 1 is 1.21 bits per heavy atom. The van der Waals surface area contributed by atoms with E-state index in [-0.39, 0.29) is 12.2 Å². The van der Waals surface area contributed by atoms with Crippen LogP contribution in [0, 0.1) is 0 Å². The Bertz CT molecular complexity index is 516. The molecule has 2 aromatic rings. The Kier molecular flexibility index (Phi) is 4.75. The fraction of sp³-hybridized carbons (Fsp3) is 0.267. The summed E-state index contributed by atoms with van der Waals surface area (Å²) < 4.78 is 10.5. The van der Waals surface area contributed by atoms with Gasteiger partial charge in [-0.1, -0.05) is 30.3 Å². The van der Waals surface area contributed by atoms with Gasteiger partial charge in [0.25, 0.3) is 0 Å². The lowest BCUT2D eigenvalue weighted by molar-refractivity contribution is 0.0678. The summed E-state index contributed by atoms with van der Waals surface area (Å²) in [7, 11) is 0. The van der Waals surface area contributed by atoms with Crippen LogP contribution in [0.1, 0.15) is 28.1 Å². The summed E-state index contributed by atoms with van der Waals surface area (Å²) in [5.74, 6) is -0.621. The van der Waals surface area contributed by atoms with E-state index in [1.54, 1.807) is 0 Å². The third-order valence-corrected chi connectivity index (χ3v) is 2.81. The molecule has 0 aliphatic heterocycles. The number of carbonyl (C=O) groups is 1. The van der Waals surface area contributed by atoms with Gasteiger partial charge in [-0.15, -0.1) is 0 Å². The molecular formula is C15H16O4. The van der Waals surface area contributed by atoms with Gasteiger partial charge in [-0.05, 0) is 24.5 Å². The SMILES string of the molecule is O=C(O)c1ccoc1COCCCc1ccccc1. The molecule has 19 heavy (non-hydrogen) atoms. The minimum Gasteiger partial charge on any atom is -0.478 e. The number of aryl methyl sites for hydroxylation is 1. The molecule has 4 nitrogen and oxygen atoms in total. The molecule has 1 aromatic carbocycles. The van der Waals surface area contributed by atoms with Crippen molar-refractivity contribution < 1.29 is 19.1 Å². The molecule has 0 bridgehead atoms. The lowest BCUT2D eigenvalue weighted by atomic mass is 10.1. The van der Waals surface area contributed by atoms with Gasteiger partial charge in [0.1, 0.15) is 17.9 Å². The van der Waals surface area contributed by atoms with Gasteiger partial charge in [-0.3, -0.25) is 0 Å². The first-order valence-electron chi connectivity index (χ1n) is 6.18. The highest BCUT2D eigenvalue weighted by molar-refractivity contribution is 5.88. The summed E-state index contributed by atoms with van der Waals surface area (Å²) in [4.78, 5) is 10.8. The predicted molar refractivity (Wildman–Crippen MR) is 70.1 cm³/mol. The van der Waals surface area contributed by atoms with Crippen LogP contribution < -0.4 is 0 Å². The number of hydrogen-bond acceptors (Lipinski definition) is 3. The van der Waals surface area contributed by atoms with E-state index < -0.39 is 5.97 Å². The molecule has 2 rings (SSSR count). The zero-order valence-corrected chi connectivity index (χ0v) is 10.5. The molecule has 100 valence electrons. The Hall–Kier alpha value is -2.07. The Morgan fingerprint density at radius 2 is 2.00 bits per heavy atom. The van der Waals surface area contributed by atoms with Crippen LogP contribution in [0.3, 0.4) is 0 Å². The maximum atomic E-state index is 10.8. The molecule has 0 saturated heterocycles. The average Bonchev–Trinajstić information content (AvgIpc) is 2.88. The van der Waals surface area contributed by atoms with Gasteiger partial charge >= 0.3 is 5.97 Å². The Morgan fingerprint density at radius 3 is 2.74 bits per heavy atom. The van der Waals surface area contributed by atoms with Crippen molar-refractivity contribution in [2.75, 3.05) is 6.61 Å². The van der Waals surface area contributed by atoms with E-state index in [1.165, 1.54) is 17.9 Å². The molecule has 0 saturated carbocycles. The summed E-state index contributed by atoms with van der Waals surface area (Å²) in [6, 6.07) is 11.6. The Labute approximate surface area is 111 Å². The molecule has 0 aliphatic carbocycles. The van der Waals surface area contributed by atoms with Crippen LogP contribution in [0.25, 0.3) is 0 Å². The number of ether oxygens (including phenoxy) is 1. The van der Waals surface area contributed by atoms with Crippen molar-refractivity contribution in [2.45, 2.75) is 19.4 Å². The summed E-state index contributed by atoms with van der Waals surface area (Å²) in [5, 5.41) is 8.89. The molecule has 1 N–H and O–H groups in total. The standard InChI is InChI=1S/C15H16O4/c16-15(17)13-8-10-19-14(13)11-18-9-4-7-12-5-2-1-3-6-12/h1-3,5-6,8,10H,4,7,9,11H2,(H,16,17). The zero-order valence-electron chi connectivity index (χ0n) is 10.5. The van der Waals surface area contributed by atoms with Gasteiger partial charge in [0.15, 0.2) is 0 Å².